The molecule has 17 heavy (non-hydrogen) atoms. The number of nitrogen functional groups attached to an aromatic ring is 1. The van der Waals surface area contributed by atoms with E-state index in [1.165, 1.54) is 0 Å². The molecular weight excluding hydrogens is 240 g/mol. The Morgan fingerprint density at radius 3 is 2.41 bits per heavy atom. The molecule has 0 bridgehead atoms. The van der Waals surface area contributed by atoms with Crippen LogP contribution in [0, 0.1) is 13.8 Å². The summed E-state index contributed by atoms with van der Waals surface area (Å²) in [6.45, 7) is 7.81. The van der Waals surface area contributed by atoms with Gasteiger partial charge in [-0.05, 0) is 37.1 Å². The number of rotatable bonds is 4. The van der Waals surface area contributed by atoms with Gasteiger partial charge in [-0.2, -0.15) is 0 Å². The number of hydrogen-bond acceptors (Lipinski definition) is 3. The van der Waals surface area contributed by atoms with Crippen molar-refractivity contribution in [1.82, 2.24) is 5.43 Å². The second kappa shape index (κ2) is 6.93. The number of aryl methyl sites for hydroxylation is 2. The van der Waals surface area contributed by atoms with Gasteiger partial charge in [-0.15, -0.1) is 12.4 Å². The summed E-state index contributed by atoms with van der Waals surface area (Å²) in [5.74, 6) is 5.56. The fourth-order valence-electron chi connectivity index (χ4n) is 1.53. The van der Waals surface area contributed by atoms with Gasteiger partial charge in [-0.1, -0.05) is 12.7 Å². The number of nitrogens with one attached hydrogen (secondary N) is 1. The summed E-state index contributed by atoms with van der Waals surface area (Å²) in [7, 11) is 0. The summed E-state index contributed by atoms with van der Waals surface area (Å²) in [4.78, 5) is 11.4. The number of ether oxygens (including phenoxy) is 1. The third kappa shape index (κ3) is 3.76. The molecule has 3 N–H and O–H groups in total. The molecule has 1 amide bonds. The smallest absolute Gasteiger partial charge is 0.265 e. The third-order valence-corrected chi connectivity index (χ3v) is 2.20. The first-order valence-corrected chi connectivity index (χ1v) is 4.96. The average Bonchev–Trinajstić information content (AvgIpc) is 2.26. The van der Waals surface area contributed by atoms with Gasteiger partial charge in [0.2, 0.25) is 0 Å². The summed E-state index contributed by atoms with van der Waals surface area (Å²) in [5, 5.41) is 0. The summed E-state index contributed by atoms with van der Waals surface area (Å²) in [5.41, 5.74) is 4.44. The van der Waals surface area contributed by atoms with Crippen LogP contribution in [0.4, 0.5) is 0 Å². The maximum absolute atomic E-state index is 11.4. The van der Waals surface area contributed by atoms with Crippen molar-refractivity contribution in [3.63, 3.8) is 0 Å². The lowest BCUT2D eigenvalue weighted by molar-refractivity contribution is 0.0953. The second-order valence-electron chi connectivity index (χ2n) is 3.51. The molecule has 0 saturated heterocycles. The lowest BCUT2D eigenvalue weighted by atomic mass is 10.1. The van der Waals surface area contributed by atoms with Crippen LogP contribution in [0.1, 0.15) is 21.5 Å². The van der Waals surface area contributed by atoms with Gasteiger partial charge >= 0.3 is 0 Å². The monoisotopic (exact) mass is 256 g/mol. The van der Waals surface area contributed by atoms with Crippen LogP contribution in [0.15, 0.2) is 24.8 Å². The van der Waals surface area contributed by atoms with Crippen molar-refractivity contribution in [2.24, 2.45) is 5.84 Å². The second-order valence-corrected chi connectivity index (χ2v) is 3.51. The molecule has 0 saturated carbocycles. The fraction of sp³-hybridized carbons (Fsp3) is 0.250. The van der Waals surface area contributed by atoms with Crippen LogP contribution in [-0.4, -0.2) is 12.5 Å². The number of halogens is 1. The van der Waals surface area contributed by atoms with Crippen molar-refractivity contribution < 1.29 is 9.53 Å². The maximum Gasteiger partial charge on any atom is 0.265 e. The van der Waals surface area contributed by atoms with Crippen molar-refractivity contribution in [2.75, 3.05) is 6.61 Å². The zero-order valence-corrected chi connectivity index (χ0v) is 10.8. The Labute approximate surface area is 107 Å². The van der Waals surface area contributed by atoms with Crippen LogP contribution in [-0.2, 0) is 0 Å². The molecule has 0 heterocycles. The van der Waals surface area contributed by atoms with E-state index < -0.39 is 0 Å². The van der Waals surface area contributed by atoms with Crippen LogP contribution >= 0.6 is 12.4 Å². The highest BCUT2D eigenvalue weighted by Gasteiger charge is 2.10. The molecule has 0 aliphatic rings. The van der Waals surface area contributed by atoms with Gasteiger partial charge in [-0.25, -0.2) is 5.84 Å². The van der Waals surface area contributed by atoms with E-state index in [0.29, 0.717) is 12.2 Å². The Morgan fingerprint density at radius 2 is 2.00 bits per heavy atom. The highest BCUT2D eigenvalue weighted by atomic mass is 35.5. The van der Waals surface area contributed by atoms with Crippen molar-refractivity contribution in [3.8, 4) is 5.75 Å². The van der Waals surface area contributed by atoms with E-state index >= 15 is 0 Å². The van der Waals surface area contributed by atoms with Crippen LogP contribution in [0.25, 0.3) is 0 Å². The lowest BCUT2D eigenvalue weighted by Gasteiger charge is -2.12. The Hall–Kier alpha value is -1.52. The quantitative estimate of drug-likeness (QED) is 0.374. The van der Waals surface area contributed by atoms with Crippen LogP contribution in [0.5, 0.6) is 5.75 Å². The molecule has 0 unspecified atom stereocenters. The number of hydrogen-bond donors (Lipinski definition) is 2. The van der Waals surface area contributed by atoms with Crippen LogP contribution in [0.3, 0.4) is 0 Å². The average molecular weight is 257 g/mol. The number of hydrazine groups is 1. The molecule has 0 atom stereocenters. The minimum atomic E-state index is -0.304. The molecule has 0 aliphatic heterocycles. The normalized spacial score (nSPS) is 9.12. The molecule has 0 aliphatic carbocycles. The zero-order chi connectivity index (χ0) is 12.1. The van der Waals surface area contributed by atoms with E-state index in [0.717, 1.165) is 16.9 Å². The van der Waals surface area contributed by atoms with Gasteiger partial charge in [-0.3, -0.25) is 10.2 Å². The number of benzene rings is 1. The van der Waals surface area contributed by atoms with E-state index in [1.807, 2.05) is 13.8 Å². The lowest BCUT2D eigenvalue weighted by Crippen LogP contribution is -2.30. The molecule has 0 spiro atoms. The SMILES string of the molecule is C=CCOc1c(C)cc(C(=O)NN)cc1C.Cl. The summed E-state index contributed by atoms with van der Waals surface area (Å²) in [6.07, 6.45) is 1.68. The first-order valence-electron chi connectivity index (χ1n) is 4.96. The van der Waals surface area contributed by atoms with E-state index in [4.69, 9.17) is 10.6 Å². The first-order chi connectivity index (χ1) is 7.60. The van der Waals surface area contributed by atoms with E-state index in [2.05, 4.69) is 12.0 Å². The predicted molar refractivity (Wildman–Crippen MR) is 70.5 cm³/mol. The molecule has 4 nitrogen and oxygen atoms in total. The van der Waals surface area contributed by atoms with Crippen LogP contribution < -0.4 is 16.0 Å². The third-order valence-electron chi connectivity index (χ3n) is 2.20. The molecule has 0 aromatic heterocycles. The molecule has 0 radical (unpaired) electrons. The fourth-order valence-corrected chi connectivity index (χ4v) is 1.53. The van der Waals surface area contributed by atoms with E-state index in [-0.39, 0.29) is 18.3 Å². The minimum Gasteiger partial charge on any atom is -0.489 e. The molecule has 1 rings (SSSR count). The molecule has 1 aromatic rings. The van der Waals surface area contributed by atoms with E-state index in [9.17, 15) is 4.79 Å². The van der Waals surface area contributed by atoms with Crippen LogP contribution in [0.2, 0.25) is 0 Å². The number of carbonyl (C=O) groups is 1. The Balaban J connectivity index is 0.00000256. The van der Waals surface area contributed by atoms with Crippen molar-refractivity contribution in [1.29, 1.82) is 0 Å². The van der Waals surface area contributed by atoms with Gasteiger partial charge in [0, 0.05) is 5.56 Å². The summed E-state index contributed by atoms with van der Waals surface area (Å²) in [6, 6.07) is 3.49. The van der Waals surface area contributed by atoms with Gasteiger partial charge in [0.15, 0.2) is 0 Å². The van der Waals surface area contributed by atoms with Crippen molar-refractivity contribution >= 4 is 18.3 Å². The van der Waals surface area contributed by atoms with Crippen molar-refractivity contribution in [2.45, 2.75) is 13.8 Å². The summed E-state index contributed by atoms with van der Waals surface area (Å²) >= 11 is 0. The molecule has 94 valence electrons. The highest BCUT2D eigenvalue weighted by Crippen LogP contribution is 2.24. The molecular formula is C12H17ClN2O2. The Morgan fingerprint density at radius 1 is 1.47 bits per heavy atom. The largest absolute Gasteiger partial charge is 0.489 e. The minimum absolute atomic E-state index is 0. The molecule has 1 aromatic carbocycles. The number of amides is 1. The Kier molecular flexibility index (Phi) is 6.31. The van der Waals surface area contributed by atoms with Gasteiger partial charge < -0.3 is 4.74 Å². The zero-order valence-electron chi connectivity index (χ0n) is 9.95. The number of carbonyl (C=O) groups excluding carboxylic acids is 1. The molecule has 0 fully saturated rings. The highest BCUT2D eigenvalue weighted by molar-refractivity contribution is 5.94. The summed E-state index contributed by atoms with van der Waals surface area (Å²) < 4.78 is 5.50. The van der Waals surface area contributed by atoms with Gasteiger partial charge in [0.05, 0.1) is 0 Å². The maximum atomic E-state index is 11.4. The molecule has 5 heteroatoms. The first kappa shape index (κ1) is 15.5. The van der Waals surface area contributed by atoms with Gasteiger partial charge in [0.25, 0.3) is 5.91 Å². The van der Waals surface area contributed by atoms with E-state index in [1.54, 1.807) is 18.2 Å². The van der Waals surface area contributed by atoms with Crippen molar-refractivity contribution in [3.05, 3.63) is 41.5 Å². The Bertz CT molecular complexity index is 396. The topological polar surface area (TPSA) is 64.3 Å². The number of nitrogens with two attached hydrogens (primary N) is 1. The standard InChI is InChI=1S/C12H16N2O2.ClH/c1-4-5-16-11-8(2)6-10(7-9(11)3)12(15)14-13;/h4,6-7H,1,5,13H2,2-3H3,(H,14,15);1H. The predicted octanol–water partition coefficient (Wildman–Crippen LogP) is 1.89. The van der Waals surface area contributed by atoms with Gasteiger partial charge in [0.1, 0.15) is 12.4 Å².